The van der Waals surface area contributed by atoms with E-state index in [-0.39, 0.29) is 79.7 Å². The molecule has 254 valence electrons. The molecule has 2 heterocycles. The number of carbonyl (C=O) groups is 6. The number of phenolic OH excluding ortho intramolecular Hbond substituents is 1. The van der Waals surface area contributed by atoms with E-state index in [1.54, 1.807) is 0 Å². The molecule has 4 amide bonds. The van der Waals surface area contributed by atoms with Gasteiger partial charge in [0.15, 0.2) is 0 Å². The molecular formula is C34H42N2O11. The molecule has 0 radical (unpaired) electrons. The highest BCUT2D eigenvalue weighted by atomic mass is 16.5. The van der Waals surface area contributed by atoms with Gasteiger partial charge in [-0.3, -0.25) is 38.6 Å². The van der Waals surface area contributed by atoms with Gasteiger partial charge in [-0.05, 0) is 44.4 Å². The van der Waals surface area contributed by atoms with E-state index in [0.29, 0.717) is 44.1 Å². The first-order valence-corrected chi connectivity index (χ1v) is 16.3. The van der Waals surface area contributed by atoms with Gasteiger partial charge in [-0.15, -0.1) is 0 Å². The van der Waals surface area contributed by atoms with Crippen LogP contribution in [0, 0.1) is 29.6 Å². The first-order chi connectivity index (χ1) is 22.5. The number of carboxylic acid groups (broad SMARTS) is 2. The average molecular weight is 655 g/mol. The first-order valence-electron chi connectivity index (χ1n) is 16.3. The molecule has 0 spiro atoms. The molecule has 47 heavy (non-hydrogen) atoms. The molecule has 13 nitrogen and oxygen atoms in total. The van der Waals surface area contributed by atoms with Crippen LogP contribution >= 0.6 is 0 Å². The second-order valence-corrected chi connectivity index (χ2v) is 12.9. The van der Waals surface area contributed by atoms with E-state index >= 15 is 0 Å². The minimum absolute atomic E-state index is 0.000148. The number of aliphatic carboxylic acids is 2. The van der Waals surface area contributed by atoms with Crippen LogP contribution in [0.25, 0.3) is 0 Å². The van der Waals surface area contributed by atoms with Crippen LogP contribution in [0.1, 0.15) is 75.7 Å². The summed E-state index contributed by atoms with van der Waals surface area (Å²) in [7, 11) is 2.86. The Bertz CT molecular complexity index is 1460. The van der Waals surface area contributed by atoms with Gasteiger partial charge in [-0.2, -0.15) is 0 Å². The van der Waals surface area contributed by atoms with Crippen molar-refractivity contribution >= 4 is 35.6 Å². The molecule has 5 rings (SSSR count). The molecule has 2 aliphatic carbocycles. The lowest BCUT2D eigenvalue weighted by Crippen LogP contribution is -2.43. The van der Waals surface area contributed by atoms with Crippen molar-refractivity contribution in [1.29, 1.82) is 0 Å². The Morgan fingerprint density at radius 2 is 1.23 bits per heavy atom. The molecule has 1 aromatic carbocycles. The highest BCUT2D eigenvalue weighted by Gasteiger charge is 2.62. The van der Waals surface area contributed by atoms with Crippen molar-refractivity contribution in [2.75, 3.05) is 27.3 Å². The lowest BCUT2D eigenvalue weighted by atomic mass is 9.57. The Morgan fingerprint density at radius 3 is 1.74 bits per heavy atom. The van der Waals surface area contributed by atoms with Crippen molar-refractivity contribution < 1.29 is 53.6 Å². The van der Waals surface area contributed by atoms with Crippen molar-refractivity contribution in [2.24, 2.45) is 29.6 Å². The maximum Gasteiger partial charge on any atom is 0.303 e. The highest BCUT2D eigenvalue weighted by molar-refractivity contribution is 6.08. The molecule has 3 fully saturated rings. The van der Waals surface area contributed by atoms with Gasteiger partial charge >= 0.3 is 11.9 Å². The molecule has 1 aromatic rings. The van der Waals surface area contributed by atoms with Crippen LogP contribution in [0.5, 0.6) is 17.2 Å². The fourth-order valence-corrected chi connectivity index (χ4v) is 8.16. The smallest absolute Gasteiger partial charge is 0.303 e. The molecule has 2 aliphatic heterocycles. The summed E-state index contributed by atoms with van der Waals surface area (Å²) in [6.45, 7) is 0.332. The van der Waals surface area contributed by atoms with Gasteiger partial charge in [0.05, 0.1) is 37.9 Å². The molecule has 2 saturated heterocycles. The molecule has 0 aromatic heterocycles. The predicted octanol–water partition coefficient (Wildman–Crippen LogP) is 3.34. The minimum Gasteiger partial charge on any atom is -0.508 e. The molecule has 6 atom stereocenters. The van der Waals surface area contributed by atoms with Crippen LogP contribution in [0.3, 0.4) is 0 Å². The molecule has 0 bridgehead atoms. The summed E-state index contributed by atoms with van der Waals surface area (Å²) in [6, 6.07) is 2.83. The van der Waals surface area contributed by atoms with E-state index in [2.05, 4.69) is 0 Å². The number of unbranched alkanes of at least 4 members (excludes halogenated alkanes) is 4. The molecule has 13 heteroatoms. The largest absolute Gasteiger partial charge is 0.508 e. The number of carboxylic acids is 2. The van der Waals surface area contributed by atoms with Gasteiger partial charge in [0.25, 0.3) is 0 Å². The number of amides is 4. The number of nitrogens with zero attached hydrogens (tertiary/aromatic N) is 2. The van der Waals surface area contributed by atoms with E-state index in [1.807, 2.05) is 6.08 Å². The number of imide groups is 2. The normalized spacial score (nSPS) is 26.6. The number of likely N-dealkylation sites (tertiary alicyclic amines) is 2. The summed E-state index contributed by atoms with van der Waals surface area (Å²) >= 11 is 0. The predicted molar refractivity (Wildman–Crippen MR) is 164 cm³/mol. The van der Waals surface area contributed by atoms with Crippen molar-refractivity contribution in [3.05, 3.63) is 29.3 Å². The zero-order valence-corrected chi connectivity index (χ0v) is 26.7. The number of ether oxygens (including phenoxy) is 2. The van der Waals surface area contributed by atoms with Crippen LogP contribution in [-0.2, 0) is 28.8 Å². The summed E-state index contributed by atoms with van der Waals surface area (Å²) in [4.78, 5) is 80.0. The monoisotopic (exact) mass is 654 g/mol. The lowest BCUT2D eigenvalue weighted by Gasteiger charge is -2.44. The number of benzene rings is 1. The van der Waals surface area contributed by atoms with E-state index in [1.165, 1.54) is 36.2 Å². The number of carbonyl (C=O) groups excluding carboxylic acids is 4. The maximum absolute atomic E-state index is 14.1. The van der Waals surface area contributed by atoms with Crippen LogP contribution < -0.4 is 9.47 Å². The van der Waals surface area contributed by atoms with Crippen molar-refractivity contribution in [3.63, 3.8) is 0 Å². The second-order valence-electron chi connectivity index (χ2n) is 12.9. The minimum atomic E-state index is -0.908. The molecule has 1 saturated carbocycles. The van der Waals surface area contributed by atoms with E-state index in [0.717, 1.165) is 5.57 Å². The van der Waals surface area contributed by atoms with Crippen LogP contribution in [0.15, 0.2) is 23.8 Å². The van der Waals surface area contributed by atoms with Crippen LogP contribution in [0.4, 0.5) is 0 Å². The van der Waals surface area contributed by atoms with Gasteiger partial charge < -0.3 is 24.8 Å². The van der Waals surface area contributed by atoms with Crippen molar-refractivity contribution in [1.82, 2.24) is 9.80 Å². The van der Waals surface area contributed by atoms with Crippen LogP contribution in [0.2, 0.25) is 0 Å². The average Bonchev–Trinajstić information content (AvgIpc) is 3.42. The Morgan fingerprint density at radius 1 is 0.723 bits per heavy atom. The number of aromatic hydroxyl groups is 1. The maximum atomic E-state index is 14.1. The van der Waals surface area contributed by atoms with Gasteiger partial charge in [-0.1, -0.05) is 24.5 Å². The number of allylic oxidation sites excluding steroid dienone is 2. The number of hydrogen-bond acceptors (Lipinski definition) is 9. The second kappa shape index (κ2) is 14.1. The standard InChI is InChI=1S/C34H42N2O11/c1-46-23-15-18(37)16-24(47-2)30(23)28-19-11-12-20-27(33(44)35(31(20)42)13-7-3-5-9-25(38)39)21(19)17-22-29(28)34(45)36(32(22)43)14-8-4-6-10-26(40)41/h11,15-16,20-22,27-29,37H,3-10,12-14,17H2,1-2H3,(H,38,39)(H,40,41). The Balaban J connectivity index is 1.48. The fraction of sp³-hybridized carbons (Fsp3) is 0.588. The number of rotatable bonds is 15. The summed E-state index contributed by atoms with van der Waals surface area (Å²) in [5, 5.41) is 28.3. The summed E-state index contributed by atoms with van der Waals surface area (Å²) < 4.78 is 11.4. The summed E-state index contributed by atoms with van der Waals surface area (Å²) in [5.74, 6) is -6.86. The topological polar surface area (TPSA) is 188 Å². The zero-order valence-electron chi connectivity index (χ0n) is 26.7. The summed E-state index contributed by atoms with van der Waals surface area (Å²) in [5.41, 5.74) is 1.25. The van der Waals surface area contributed by atoms with E-state index in [4.69, 9.17) is 19.7 Å². The third-order valence-corrected chi connectivity index (χ3v) is 10.2. The third-order valence-electron chi connectivity index (χ3n) is 10.2. The van der Waals surface area contributed by atoms with E-state index < -0.39 is 47.4 Å². The Hall–Kier alpha value is -4.42. The Kier molecular flexibility index (Phi) is 10.2. The summed E-state index contributed by atoms with van der Waals surface area (Å²) in [6.07, 6.45) is 5.32. The van der Waals surface area contributed by atoms with Gasteiger partial charge in [-0.25, -0.2) is 0 Å². The van der Waals surface area contributed by atoms with Crippen molar-refractivity contribution in [3.8, 4) is 17.2 Å². The Labute approximate surface area is 272 Å². The van der Waals surface area contributed by atoms with Gasteiger partial charge in [0.1, 0.15) is 17.2 Å². The lowest BCUT2D eigenvalue weighted by molar-refractivity contribution is -0.142. The van der Waals surface area contributed by atoms with Crippen LogP contribution in [-0.4, -0.2) is 88.0 Å². The quantitative estimate of drug-likeness (QED) is 0.143. The molecule has 4 aliphatic rings. The van der Waals surface area contributed by atoms with Gasteiger partial charge in [0, 0.05) is 49.5 Å². The molecular weight excluding hydrogens is 612 g/mol. The fourth-order valence-electron chi connectivity index (χ4n) is 8.16. The molecule has 6 unspecified atom stereocenters. The SMILES string of the molecule is COc1cc(O)cc(OC)c1C1C2=CCC3C(=O)N(CCCCCC(=O)O)C(=O)C3C2CC2C(=O)N(CCCCCC(=O)O)C(=O)C21. The van der Waals surface area contributed by atoms with Gasteiger partial charge in [0.2, 0.25) is 23.6 Å². The first kappa shape index (κ1) is 33.9. The zero-order chi connectivity index (χ0) is 34.0. The highest BCUT2D eigenvalue weighted by Crippen LogP contribution is 2.60. The number of hydrogen-bond donors (Lipinski definition) is 3. The third kappa shape index (κ3) is 6.44. The van der Waals surface area contributed by atoms with E-state index in [9.17, 15) is 33.9 Å². The van der Waals surface area contributed by atoms with Crippen molar-refractivity contribution in [2.45, 2.75) is 70.1 Å². The number of fused-ring (bicyclic) bond motifs is 4. The molecule has 3 N–H and O–H groups in total. The number of phenols is 1. The number of methoxy groups -OCH3 is 2.